The number of nitrogens with zero attached hydrogens (tertiary/aromatic N) is 1. The van der Waals surface area contributed by atoms with Crippen molar-refractivity contribution in [3.63, 3.8) is 0 Å². The molecule has 3 nitrogen and oxygen atoms in total. The Hall–Kier alpha value is -1.45. The molecule has 0 unspecified atom stereocenters. The lowest BCUT2D eigenvalue weighted by molar-refractivity contribution is 0.301. The number of rotatable bonds is 3. The minimum atomic E-state index is 0.254. The number of hydrogen-bond acceptors (Lipinski definition) is 3. The van der Waals surface area contributed by atoms with E-state index in [2.05, 4.69) is 4.98 Å². The van der Waals surface area contributed by atoms with Gasteiger partial charge in [-0.05, 0) is 30.3 Å². The van der Waals surface area contributed by atoms with Gasteiger partial charge < -0.3 is 10.5 Å². The van der Waals surface area contributed by atoms with E-state index in [1.54, 1.807) is 24.3 Å². The van der Waals surface area contributed by atoms with Gasteiger partial charge in [-0.2, -0.15) is 0 Å². The Balaban J connectivity index is 2.09. The van der Waals surface area contributed by atoms with Gasteiger partial charge in [0, 0.05) is 5.02 Å². The maximum atomic E-state index is 5.97. The highest BCUT2D eigenvalue weighted by Crippen LogP contribution is 2.20. The van der Waals surface area contributed by atoms with Crippen LogP contribution in [-0.4, -0.2) is 4.98 Å². The lowest BCUT2D eigenvalue weighted by Crippen LogP contribution is -2.01. The van der Waals surface area contributed by atoms with E-state index in [1.807, 2.05) is 12.1 Å². The summed E-state index contributed by atoms with van der Waals surface area (Å²) in [5.41, 5.74) is 6.18. The molecule has 0 fully saturated rings. The highest BCUT2D eigenvalue weighted by molar-refractivity contribution is 6.31. The highest BCUT2D eigenvalue weighted by Gasteiger charge is 2.04. The molecule has 0 bridgehead atoms. The molecule has 0 spiro atoms. The maximum absolute atomic E-state index is 5.97. The van der Waals surface area contributed by atoms with Crippen LogP contribution in [0.4, 0.5) is 5.82 Å². The quantitative estimate of drug-likeness (QED) is 0.926. The SMILES string of the molecule is Nc1ccc(Cl)c(COc2cccc(Cl)c2)n1. The predicted molar refractivity (Wildman–Crippen MR) is 69.4 cm³/mol. The molecule has 2 N–H and O–H groups in total. The van der Waals surface area contributed by atoms with Crippen LogP contribution in [0.25, 0.3) is 0 Å². The molecule has 0 aliphatic rings. The normalized spacial score (nSPS) is 10.2. The fourth-order valence-corrected chi connectivity index (χ4v) is 1.65. The molecule has 0 amide bonds. The second kappa shape index (κ2) is 5.25. The van der Waals surface area contributed by atoms with Gasteiger partial charge in [-0.1, -0.05) is 29.3 Å². The van der Waals surface area contributed by atoms with Crippen LogP contribution in [0, 0.1) is 0 Å². The van der Waals surface area contributed by atoms with Crippen molar-refractivity contribution in [2.24, 2.45) is 0 Å². The minimum absolute atomic E-state index is 0.254. The molecule has 1 aromatic carbocycles. The van der Waals surface area contributed by atoms with Crippen molar-refractivity contribution < 1.29 is 4.74 Å². The Morgan fingerprint density at radius 2 is 2.00 bits per heavy atom. The van der Waals surface area contributed by atoms with Crippen LogP contribution in [0.1, 0.15) is 5.69 Å². The Morgan fingerprint density at radius 1 is 1.18 bits per heavy atom. The Labute approximate surface area is 109 Å². The summed E-state index contributed by atoms with van der Waals surface area (Å²) in [6, 6.07) is 10.5. The smallest absolute Gasteiger partial charge is 0.132 e. The van der Waals surface area contributed by atoms with Gasteiger partial charge in [0.1, 0.15) is 18.2 Å². The fourth-order valence-electron chi connectivity index (χ4n) is 1.31. The Bertz CT molecular complexity index is 532. The summed E-state index contributed by atoms with van der Waals surface area (Å²) in [5.74, 6) is 1.08. The van der Waals surface area contributed by atoms with Crippen LogP contribution in [-0.2, 0) is 6.61 Å². The molecule has 1 aromatic heterocycles. The highest BCUT2D eigenvalue weighted by atomic mass is 35.5. The summed E-state index contributed by atoms with van der Waals surface area (Å²) in [4.78, 5) is 4.10. The summed E-state index contributed by atoms with van der Waals surface area (Å²) in [6.07, 6.45) is 0. The summed E-state index contributed by atoms with van der Waals surface area (Å²) >= 11 is 11.8. The van der Waals surface area contributed by atoms with Crippen molar-refractivity contribution in [1.29, 1.82) is 0 Å². The third-order valence-corrected chi connectivity index (χ3v) is 2.69. The molecule has 0 saturated heterocycles. The van der Waals surface area contributed by atoms with Gasteiger partial charge in [-0.3, -0.25) is 0 Å². The second-order valence-electron chi connectivity index (χ2n) is 3.41. The van der Waals surface area contributed by atoms with Crippen LogP contribution >= 0.6 is 23.2 Å². The number of nitrogen functional groups attached to an aromatic ring is 1. The summed E-state index contributed by atoms with van der Waals surface area (Å²) in [5, 5.41) is 1.15. The molecule has 2 rings (SSSR count). The van der Waals surface area contributed by atoms with Crippen LogP contribution in [0.2, 0.25) is 10.0 Å². The second-order valence-corrected chi connectivity index (χ2v) is 4.25. The third kappa shape index (κ3) is 3.25. The Kier molecular flexibility index (Phi) is 3.71. The van der Waals surface area contributed by atoms with Crippen molar-refractivity contribution in [2.75, 3.05) is 5.73 Å². The minimum Gasteiger partial charge on any atom is -0.487 e. The van der Waals surface area contributed by atoms with Gasteiger partial charge in [0.15, 0.2) is 0 Å². The first kappa shape index (κ1) is 12.0. The molecule has 0 atom stereocenters. The first-order chi connectivity index (χ1) is 8.15. The molecule has 88 valence electrons. The van der Waals surface area contributed by atoms with E-state index < -0.39 is 0 Å². The third-order valence-electron chi connectivity index (χ3n) is 2.11. The molecule has 0 radical (unpaired) electrons. The number of anilines is 1. The zero-order chi connectivity index (χ0) is 12.3. The van der Waals surface area contributed by atoms with Gasteiger partial charge >= 0.3 is 0 Å². The number of nitrogens with two attached hydrogens (primary N) is 1. The molecular formula is C12H10Cl2N2O. The van der Waals surface area contributed by atoms with Crippen molar-refractivity contribution in [2.45, 2.75) is 6.61 Å². The first-order valence-electron chi connectivity index (χ1n) is 4.94. The van der Waals surface area contributed by atoms with Crippen LogP contribution < -0.4 is 10.5 Å². The number of pyridine rings is 1. The standard InChI is InChI=1S/C12H10Cl2N2O/c13-8-2-1-3-9(6-8)17-7-11-10(14)4-5-12(15)16-11/h1-6H,7H2,(H2,15,16). The lowest BCUT2D eigenvalue weighted by Gasteiger charge is -2.07. The molecule has 0 aliphatic carbocycles. The van der Waals surface area contributed by atoms with Crippen LogP contribution in [0.15, 0.2) is 36.4 Å². The van der Waals surface area contributed by atoms with Crippen LogP contribution in [0.5, 0.6) is 5.75 Å². The number of hydrogen-bond donors (Lipinski definition) is 1. The zero-order valence-electron chi connectivity index (χ0n) is 8.86. The topological polar surface area (TPSA) is 48.1 Å². The average molecular weight is 269 g/mol. The maximum Gasteiger partial charge on any atom is 0.132 e. The predicted octanol–water partition coefficient (Wildman–Crippen LogP) is 3.55. The number of aromatic nitrogens is 1. The zero-order valence-corrected chi connectivity index (χ0v) is 10.4. The molecule has 0 aliphatic heterocycles. The van der Waals surface area contributed by atoms with Crippen molar-refractivity contribution in [1.82, 2.24) is 4.98 Å². The van der Waals surface area contributed by atoms with Crippen molar-refractivity contribution in [3.05, 3.63) is 52.1 Å². The molecule has 1 heterocycles. The molecule has 2 aromatic rings. The van der Waals surface area contributed by atoms with Gasteiger partial charge in [0.2, 0.25) is 0 Å². The molecule has 17 heavy (non-hydrogen) atoms. The fraction of sp³-hybridized carbons (Fsp3) is 0.0833. The van der Waals surface area contributed by atoms with E-state index in [1.165, 1.54) is 0 Å². The summed E-state index contributed by atoms with van der Waals surface area (Å²) in [7, 11) is 0. The molecule has 0 saturated carbocycles. The summed E-state index contributed by atoms with van der Waals surface area (Å²) in [6.45, 7) is 0.254. The van der Waals surface area contributed by atoms with Gasteiger partial charge in [0.05, 0.1) is 10.7 Å². The largest absolute Gasteiger partial charge is 0.487 e. The lowest BCUT2D eigenvalue weighted by atomic mass is 10.3. The number of ether oxygens (including phenoxy) is 1. The van der Waals surface area contributed by atoms with E-state index in [0.717, 1.165) is 0 Å². The first-order valence-corrected chi connectivity index (χ1v) is 5.70. The van der Waals surface area contributed by atoms with E-state index in [4.69, 9.17) is 33.7 Å². The van der Waals surface area contributed by atoms with Gasteiger partial charge in [0.25, 0.3) is 0 Å². The molecular weight excluding hydrogens is 259 g/mol. The molecule has 5 heteroatoms. The average Bonchev–Trinajstić information content (AvgIpc) is 2.30. The van der Waals surface area contributed by atoms with Crippen molar-refractivity contribution >= 4 is 29.0 Å². The Morgan fingerprint density at radius 3 is 2.76 bits per heavy atom. The number of halogens is 2. The summed E-state index contributed by atoms with van der Waals surface area (Å²) < 4.78 is 5.52. The van der Waals surface area contributed by atoms with Gasteiger partial charge in [-0.25, -0.2) is 4.98 Å². The van der Waals surface area contributed by atoms with Crippen LogP contribution in [0.3, 0.4) is 0 Å². The van der Waals surface area contributed by atoms with E-state index >= 15 is 0 Å². The van der Waals surface area contributed by atoms with E-state index in [0.29, 0.717) is 27.3 Å². The van der Waals surface area contributed by atoms with E-state index in [9.17, 15) is 0 Å². The monoisotopic (exact) mass is 268 g/mol. The van der Waals surface area contributed by atoms with E-state index in [-0.39, 0.29) is 6.61 Å². The van der Waals surface area contributed by atoms with Gasteiger partial charge in [-0.15, -0.1) is 0 Å². The van der Waals surface area contributed by atoms with Crippen molar-refractivity contribution in [3.8, 4) is 5.75 Å². The number of benzene rings is 1.